The number of likely N-dealkylation sites (N-methyl/N-ethyl adjacent to an activating group) is 2. The van der Waals surface area contributed by atoms with Crippen LogP contribution in [-0.4, -0.2) is 65.3 Å². The van der Waals surface area contributed by atoms with Crippen LogP contribution in [0.15, 0.2) is 0 Å². The predicted octanol–water partition coefficient (Wildman–Crippen LogP) is 6.91. The molecule has 2 aromatic rings. The van der Waals surface area contributed by atoms with E-state index >= 15 is 0 Å². The lowest BCUT2D eigenvalue weighted by atomic mass is 10.1. The summed E-state index contributed by atoms with van der Waals surface area (Å²) >= 11 is 6.02. The molecule has 0 unspecified atom stereocenters. The van der Waals surface area contributed by atoms with E-state index in [4.69, 9.17) is 21.1 Å². The first kappa shape index (κ1) is 33.6. The Balaban J connectivity index is 0.00000227. The maximum Gasteiger partial charge on any atom is 0.410 e. The second-order valence-electron chi connectivity index (χ2n) is 8.86. The van der Waals surface area contributed by atoms with Crippen molar-refractivity contribution in [3.05, 3.63) is 16.7 Å². The van der Waals surface area contributed by atoms with Gasteiger partial charge in [-0.05, 0) is 34.1 Å². The van der Waals surface area contributed by atoms with E-state index in [1.165, 1.54) is 18.4 Å². The molecule has 36 heavy (non-hydrogen) atoms. The number of hydrogen-bond acceptors (Lipinski definition) is 7. The number of carbonyl (C=O) groups excluding carboxylic acids is 1. The Bertz CT molecular complexity index is 954. The summed E-state index contributed by atoms with van der Waals surface area (Å²) in [6, 6.07) is 0.0325. The molecule has 0 N–H and O–H groups in total. The third kappa shape index (κ3) is 9.91. The highest BCUT2D eigenvalue weighted by molar-refractivity contribution is 6.30. The number of anilines is 1. The summed E-state index contributed by atoms with van der Waals surface area (Å²) < 4.78 is 25.4. The normalized spacial score (nSPS) is 10.6. The van der Waals surface area contributed by atoms with E-state index in [0.717, 1.165) is 6.42 Å². The van der Waals surface area contributed by atoms with Crippen LogP contribution in [0.3, 0.4) is 0 Å². The van der Waals surface area contributed by atoms with E-state index < -0.39 is 17.5 Å². The van der Waals surface area contributed by atoms with Crippen LogP contribution in [0.5, 0.6) is 6.01 Å². The summed E-state index contributed by atoms with van der Waals surface area (Å²) in [6.45, 7) is 19.0. The molecule has 206 valence electrons. The minimum absolute atomic E-state index is 0.0325. The van der Waals surface area contributed by atoms with E-state index in [0.29, 0.717) is 43.0 Å². The van der Waals surface area contributed by atoms with Gasteiger partial charge in [-0.2, -0.15) is 9.97 Å². The molecular weight excluding hydrogens is 485 g/mol. The van der Waals surface area contributed by atoms with Crippen molar-refractivity contribution in [1.82, 2.24) is 19.9 Å². The summed E-state index contributed by atoms with van der Waals surface area (Å²) in [4.78, 5) is 28.7. The molecule has 0 spiro atoms. The molecule has 2 rings (SSSR count). The predicted molar refractivity (Wildman–Crippen MR) is 147 cm³/mol. The molecule has 1 amide bonds. The van der Waals surface area contributed by atoms with Crippen LogP contribution in [0, 0.1) is 5.82 Å². The molecule has 2 heterocycles. The van der Waals surface area contributed by atoms with Gasteiger partial charge in [0, 0.05) is 26.7 Å². The van der Waals surface area contributed by atoms with Crippen LogP contribution in [-0.2, 0) is 11.2 Å². The Hall–Kier alpha value is -2.42. The Morgan fingerprint density at radius 1 is 1.06 bits per heavy atom. The van der Waals surface area contributed by atoms with E-state index in [1.807, 2.05) is 53.4 Å². The standard InChI is InChI=1S/C21H31ClFN5O3.C3H8.C2H6/c1-8-10-13-14-16(15(23)17(22)24-13)25-19(30-7)26-18(14)28(9-2)12-11-27(6)20(29)31-21(3,4)5;1-3-2;1-2/h8-12H2,1-7H3;3H2,1-2H3;1-2H3. The summed E-state index contributed by atoms with van der Waals surface area (Å²) in [6.07, 6.45) is 2.22. The molecule has 0 saturated heterocycles. The van der Waals surface area contributed by atoms with Gasteiger partial charge in [0.2, 0.25) is 0 Å². The number of nitrogens with zero attached hydrogens (tertiary/aromatic N) is 5. The highest BCUT2D eigenvalue weighted by atomic mass is 35.5. The number of halogens is 2. The number of carbonyl (C=O) groups is 1. The van der Waals surface area contributed by atoms with Crippen LogP contribution in [0.4, 0.5) is 15.0 Å². The molecule has 0 atom stereocenters. The molecule has 2 aromatic heterocycles. The zero-order valence-electron chi connectivity index (χ0n) is 24.0. The Labute approximate surface area is 221 Å². The van der Waals surface area contributed by atoms with Crippen LogP contribution < -0.4 is 9.64 Å². The number of hydrogen-bond donors (Lipinski definition) is 0. The highest BCUT2D eigenvalue weighted by Gasteiger charge is 2.24. The number of methoxy groups -OCH3 is 1. The smallest absolute Gasteiger partial charge is 0.410 e. The van der Waals surface area contributed by atoms with Crippen molar-refractivity contribution in [2.45, 2.75) is 87.2 Å². The van der Waals surface area contributed by atoms with Crippen molar-refractivity contribution in [2.75, 3.05) is 38.7 Å². The maximum absolute atomic E-state index is 14.8. The number of ether oxygens (including phenoxy) is 2. The molecule has 0 saturated carbocycles. The molecular formula is C26H45ClFN5O3. The largest absolute Gasteiger partial charge is 0.467 e. The summed E-state index contributed by atoms with van der Waals surface area (Å²) in [5.74, 6) is -0.214. The van der Waals surface area contributed by atoms with E-state index in [2.05, 4.69) is 28.8 Å². The summed E-state index contributed by atoms with van der Waals surface area (Å²) in [7, 11) is 3.09. The molecule has 0 aliphatic rings. The van der Waals surface area contributed by atoms with E-state index in [9.17, 15) is 9.18 Å². The van der Waals surface area contributed by atoms with Crippen LogP contribution in [0.25, 0.3) is 10.9 Å². The van der Waals surface area contributed by atoms with Gasteiger partial charge in [-0.25, -0.2) is 14.2 Å². The zero-order chi connectivity index (χ0) is 28.1. The van der Waals surface area contributed by atoms with Gasteiger partial charge in [-0.3, -0.25) is 0 Å². The third-order valence-corrected chi connectivity index (χ3v) is 4.79. The van der Waals surface area contributed by atoms with Crippen molar-refractivity contribution in [3.8, 4) is 6.01 Å². The van der Waals surface area contributed by atoms with Crippen molar-refractivity contribution in [2.24, 2.45) is 0 Å². The summed E-state index contributed by atoms with van der Waals surface area (Å²) in [5.41, 5.74) is 0.119. The number of aromatic nitrogens is 3. The molecule has 8 nitrogen and oxygen atoms in total. The van der Waals surface area contributed by atoms with Crippen LogP contribution in [0.2, 0.25) is 5.15 Å². The van der Waals surface area contributed by atoms with Gasteiger partial charge in [-0.15, -0.1) is 0 Å². The van der Waals surface area contributed by atoms with Crippen LogP contribution >= 0.6 is 11.6 Å². The van der Waals surface area contributed by atoms with Crippen LogP contribution in [0.1, 0.15) is 80.8 Å². The van der Waals surface area contributed by atoms with Gasteiger partial charge in [-0.1, -0.05) is 59.1 Å². The second kappa shape index (κ2) is 16.3. The fourth-order valence-corrected chi connectivity index (χ4v) is 3.22. The maximum atomic E-state index is 14.8. The topological polar surface area (TPSA) is 80.7 Å². The fraction of sp³-hybridized carbons (Fsp3) is 0.692. The molecule has 0 bridgehead atoms. The Morgan fingerprint density at radius 2 is 1.64 bits per heavy atom. The lowest BCUT2D eigenvalue weighted by Gasteiger charge is -2.28. The highest BCUT2D eigenvalue weighted by Crippen LogP contribution is 2.33. The number of aryl methyl sites for hydroxylation is 1. The van der Waals surface area contributed by atoms with Gasteiger partial charge in [0.05, 0.1) is 18.2 Å². The lowest BCUT2D eigenvalue weighted by molar-refractivity contribution is 0.0303. The minimum Gasteiger partial charge on any atom is -0.467 e. The quantitative estimate of drug-likeness (QED) is 0.343. The number of rotatable bonds is 8. The minimum atomic E-state index is -0.708. The molecule has 0 aliphatic carbocycles. The van der Waals surface area contributed by atoms with Gasteiger partial charge < -0.3 is 19.3 Å². The molecule has 0 radical (unpaired) electrons. The Kier molecular flexibility index (Phi) is 15.3. The van der Waals surface area contributed by atoms with Gasteiger partial charge in [0.25, 0.3) is 0 Å². The zero-order valence-corrected chi connectivity index (χ0v) is 24.7. The van der Waals surface area contributed by atoms with Gasteiger partial charge in [0.15, 0.2) is 11.0 Å². The average molecular weight is 530 g/mol. The van der Waals surface area contributed by atoms with Gasteiger partial charge in [0.1, 0.15) is 16.9 Å². The van der Waals surface area contributed by atoms with Crippen molar-refractivity contribution >= 4 is 34.4 Å². The van der Waals surface area contributed by atoms with E-state index in [-0.39, 0.29) is 16.7 Å². The monoisotopic (exact) mass is 529 g/mol. The Morgan fingerprint density at radius 3 is 2.11 bits per heavy atom. The second-order valence-corrected chi connectivity index (χ2v) is 9.22. The fourth-order valence-electron chi connectivity index (χ4n) is 3.03. The SMILES string of the molecule is CC.CCC.CCCc1nc(Cl)c(F)c2nc(OC)nc(N(CC)CCN(C)C(=O)OC(C)(C)C)c12. The molecule has 0 aromatic carbocycles. The van der Waals surface area contributed by atoms with Crippen molar-refractivity contribution in [1.29, 1.82) is 0 Å². The van der Waals surface area contributed by atoms with E-state index in [1.54, 1.807) is 7.05 Å². The summed E-state index contributed by atoms with van der Waals surface area (Å²) in [5, 5.41) is 0.279. The third-order valence-electron chi connectivity index (χ3n) is 4.54. The molecule has 0 aliphatic heterocycles. The first-order valence-corrected chi connectivity index (χ1v) is 13.1. The van der Waals surface area contributed by atoms with Crippen molar-refractivity contribution in [3.63, 3.8) is 0 Å². The lowest BCUT2D eigenvalue weighted by Crippen LogP contribution is -2.39. The molecule has 0 fully saturated rings. The number of pyridine rings is 1. The first-order chi connectivity index (χ1) is 16.9. The van der Waals surface area contributed by atoms with Crippen molar-refractivity contribution < 1.29 is 18.7 Å². The first-order valence-electron chi connectivity index (χ1n) is 12.7. The molecule has 10 heteroatoms. The number of fused-ring (bicyclic) bond motifs is 1. The average Bonchev–Trinajstić information content (AvgIpc) is 2.83. The van der Waals surface area contributed by atoms with Gasteiger partial charge >= 0.3 is 12.1 Å². The number of amides is 1.